The minimum atomic E-state index is -3.05. The van der Waals surface area contributed by atoms with Crippen LogP contribution in [0.1, 0.15) is 34.5 Å². The Labute approximate surface area is 164 Å². The number of nitrogens with one attached hydrogen (secondary N) is 2. The molecular formula is C19H17F3N5O2+. The normalized spacial score (nSPS) is 18.9. The maximum absolute atomic E-state index is 14.5. The number of H-pyrrole nitrogens is 1. The number of hydrogen-bond acceptors (Lipinski definition) is 5. The quantitative estimate of drug-likeness (QED) is 0.814. The van der Waals surface area contributed by atoms with Gasteiger partial charge in [0.15, 0.2) is 11.7 Å². The number of carbonyl (C=O) groups is 1. The number of amides is 1. The fourth-order valence-corrected chi connectivity index (χ4v) is 3.04. The number of benzene rings is 1. The maximum Gasteiger partial charge on any atom is 0.320 e. The zero-order valence-electron chi connectivity index (χ0n) is 15.1. The molecule has 7 nitrogen and oxygen atoms in total. The van der Waals surface area contributed by atoms with Crippen LogP contribution in [0.3, 0.4) is 0 Å². The lowest BCUT2D eigenvalue weighted by Gasteiger charge is -2.28. The van der Waals surface area contributed by atoms with Gasteiger partial charge >= 0.3 is 5.91 Å². The molecule has 1 atom stereocenters. The summed E-state index contributed by atoms with van der Waals surface area (Å²) >= 11 is 0. The van der Waals surface area contributed by atoms with Crippen molar-refractivity contribution < 1.29 is 27.7 Å². The lowest BCUT2D eigenvalue weighted by molar-refractivity contribution is -0.382. The first kappa shape index (κ1) is 20.1. The second-order valence-electron chi connectivity index (χ2n) is 6.38. The molecule has 1 aliphatic heterocycles. The Morgan fingerprint density at radius 3 is 2.83 bits per heavy atom. The molecule has 0 saturated carbocycles. The summed E-state index contributed by atoms with van der Waals surface area (Å²) in [6.07, 6.45) is -1.68. The number of nitrogens with two attached hydrogens (primary N) is 1. The molecule has 3 rings (SSSR count). The number of halogens is 3. The van der Waals surface area contributed by atoms with E-state index < -0.39 is 29.7 Å². The number of pyridine rings is 1. The monoisotopic (exact) mass is 404 g/mol. The molecule has 1 amide bonds. The van der Waals surface area contributed by atoms with Gasteiger partial charge in [-0.1, -0.05) is 0 Å². The van der Waals surface area contributed by atoms with E-state index in [4.69, 9.17) is 15.7 Å². The molecule has 0 unspecified atom stereocenters. The van der Waals surface area contributed by atoms with Crippen LogP contribution in [0, 0.1) is 17.1 Å². The van der Waals surface area contributed by atoms with Crippen LogP contribution in [-0.2, 0) is 10.3 Å². The summed E-state index contributed by atoms with van der Waals surface area (Å²) in [7, 11) is 0. The molecule has 0 bridgehead atoms. The fourth-order valence-electron chi connectivity index (χ4n) is 3.04. The van der Waals surface area contributed by atoms with Gasteiger partial charge in [-0.25, -0.2) is 23.1 Å². The molecule has 150 valence electrons. The van der Waals surface area contributed by atoms with Crippen LogP contribution < -0.4 is 16.0 Å². The van der Waals surface area contributed by atoms with Gasteiger partial charge in [0.25, 0.3) is 18.1 Å². The first-order valence-corrected chi connectivity index (χ1v) is 8.65. The third kappa shape index (κ3) is 4.13. The van der Waals surface area contributed by atoms with Crippen molar-refractivity contribution in [1.82, 2.24) is 0 Å². The topological polar surface area (TPSA) is 115 Å². The summed E-state index contributed by atoms with van der Waals surface area (Å²) in [5.41, 5.74) is 3.48. The van der Waals surface area contributed by atoms with Crippen LogP contribution in [0.5, 0.6) is 0 Å². The molecule has 2 aromatic rings. The van der Waals surface area contributed by atoms with E-state index in [0.29, 0.717) is 5.56 Å². The summed E-state index contributed by atoms with van der Waals surface area (Å²) in [6.45, 7) is 0.0936. The molecule has 1 aromatic heterocycles. The van der Waals surface area contributed by atoms with Crippen molar-refractivity contribution in [3.8, 4) is 6.07 Å². The van der Waals surface area contributed by atoms with Gasteiger partial charge in [-0.15, -0.1) is 0 Å². The number of ether oxygens (including phenoxy) is 1. The van der Waals surface area contributed by atoms with Gasteiger partial charge < -0.3 is 15.8 Å². The molecule has 0 spiro atoms. The maximum atomic E-state index is 14.5. The van der Waals surface area contributed by atoms with E-state index in [1.807, 2.05) is 6.07 Å². The van der Waals surface area contributed by atoms with Gasteiger partial charge in [0.2, 0.25) is 0 Å². The van der Waals surface area contributed by atoms with E-state index in [-0.39, 0.29) is 36.4 Å². The Kier molecular flexibility index (Phi) is 5.68. The second kappa shape index (κ2) is 8.18. The Bertz CT molecular complexity index is 988. The number of aromatic nitrogens is 1. The molecule has 0 saturated heterocycles. The lowest BCUT2D eigenvalue weighted by Crippen LogP contribution is -2.35. The van der Waals surface area contributed by atoms with Crippen molar-refractivity contribution in [2.45, 2.75) is 24.8 Å². The highest BCUT2D eigenvalue weighted by atomic mass is 19.3. The van der Waals surface area contributed by atoms with Gasteiger partial charge in [-0.3, -0.25) is 4.79 Å². The van der Waals surface area contributed by atoms with Crippen molar-refractivity contribution in [2.24, 2.45) is 10.7 Å². The molecule has 0 aliphatic carbocycles. The summed E-state index contributed by atoms with van der Waals surface area (Å²) in [6, 6.07) is 7.65. The van der Waals surface area contributed by atoms with Gasteiger partial charge in [0.1, 0.15) is 17.4 Å². The summed E-state index contributed by atoms with van der Waals surface area (Å²) < 4.78 is 47.6. The second-order valence-corrected chi connectivity index (χ2v) is 6.38. The van der Waals surface area contributed by atoms with Crippen molar-refractivity contribution in [2.75, 3.05) is 11.9 Å². The highest BCUT2D eigenvalue weighted by Gasteiger charge is 2.45. The smallest absolute Gasteiger partial charge is 0.320 e. The Morgan fingerprint density at radius 1 is 1.38 bits per heavy atom. The molecule has 29 heavy (non-hydrogen) atoms. The summed E-state index contributed by atoms with van der Waals surface area (Å²) in [5, 5.41) is 11.3. The summed E-state index contributed by atoms with van der Waals surface area (Å²) in [4.78, 5) is 18.8. The average Bonchev–Trinajstić information content (AvgIpc) is 2.91. The molecule has 10 heteroatoms. The van der Waals surface area contributed by atoms with E-state index in [0.717, 1.165) is 12.1 Å². The van der Waals surface area contributed by atoms with Crippen molar-refractivity contribution in [3.05, 3.63) is 59.2 Å². The number of amidine groups is 1. The molecule has 0 radical (unpaired) electrons. The van der Waals surface area contributed by atoms with Gasteiger partial charge in [-0.05, 0) is 37.1 Å². The fraction of sp³-hybridized carbons (Fsp3) is 0.263. The van der Waals surface area contributed by atoms with Crippen LogP contribution in [-0.4, -0.2) is 25.0 Å². The van der Waals surface area contributed by atoms with Crippen LogP contribution in [0.4, 0.5) is 18.9 Å². The van der Waals surface area contributed by atoms with Crippen LogP contribution in [0.15, 0.2) is 41.5 Å². The van der Waals surface area contributed by atoms with Gasteiger partial charge in [0.05, 0.1) is 6.61 Å². The minimum absolute atomic E-state index is 0.0936. The highest BCUT2D eigenvalue weighted by Crippen LogP contribution is 2.41. The average molecular weight is 404 g/mol. The Hall–Kier alpha value is -3.61. The van der Waals surface area contributed by atoms with Crippen LogP contribution >= 0.6 is 0 Å². The number of aliphatic imine (C=N–C) groups is 1. The molecule has 0 fully saturated rings. The van der Waals surface area contributed by atoms with Gasteiger partial charge in [0, 0.05) is 17.3 Å². The largest absolute Gasteiger partial charge is 0.465 e. The van der Waals surface area contributed by atoms with Crippen LogP contribution in [0.25, 0.3) is 0 Å². The first-order chi connectivity index (χ1) is 13.9. The van der Waals surface area contributed by atoms with Gasteiger partial charge in [-0.2, -0.15) is 5.26 Å². The molecular weight excluding hydrogens is 387 g/mol. The van der Waals surface area contributed by atoms with Crippen LogP contribution in [0.2, 0.25) is 0 Å². The van der Waals surface area contributed by atoms with Crippen molar-refractivity contribution >= 4 is 17.6 Å². The molecule has 1 aliphatic rings. The molecule has 4 N–H and O–H groups in total. The minimum Gasteiger partial charge on any atom is -0.465 e. The number of rotatable bonds is 4. The number of hydrogen-bond donors (Lipinski definition) is 2. The van der Waals surface area contributed by atoms with Crippen molar-refractivity contribution in [1.29, 1.82) is 5.26 Å². The number of anilines is 1. The predicted octanol–water partition coefficient (Wildman–Crippen LogP) is 2.35. The first-order valence-electron chi connectivity index (χ1n) is 8.65. The number of nitrogens with zero attached hydrogens (tertiary/aromatic N) is 2. The molecule has 2 heterocycles. The van der Waals surface area contributed by atoms with Crippen molar-refractivity contribution in [3.63, 3.8) is 0 Å². The Balaban J connectivity index is 1.95. The zero-order valence-corrected chi connectivity index (χ0v) is 15.1. The SMILES string of the molecule is N#Cc1ccc(C(=O)Nc2ccc(F)c([C@]3(C(F)F)CCCOC(N)=N3)c2)[nH+]c1. The van der Waals surface area contributed by atoms with E-state index in [1.54, 1.807) is 0 Å². The predicted molar refractivity (Wildman–Crippen MR) is 96.6 cm³/mol. The zero-order chi connectivity index (χ0) is 21.0. The number of alkyl halides is 2. The molecule has 1 aromatic carbocycles. The third-order valence-corrected chi connectivity index (χ3v) is 4.50. The number of carbonyl (C=O) groups excluding carboxylic acids is 1. The third-order valence-electron chi connectivity index (χ3n) is 4.50. The Morgan fingerprint density at radius 2 is 2.17 bits per heavy atom. The highest BCUT2D eigenvalue weighted by molar-refractivity contribution is 6.01. The summed E-state index contributed by atoms with van der Waals surface area (Å²) in [5.74, 6) is -1.49. The van der Waals surface area contributed by atoms with E-state index in [9.17, 15) is 18.0 Å². The van der Waals surface area contributed by atoms with E-state index in [1.165, 1.54) is 24.4 Å². The van der Waals surface area contributed by atoms with E-state index in [2.05, 4.69) is 15.3 Å². The lowest BCUT2D eigenvalue weighted by atomic mass is 9.85. The standard InChI is InChI=1S/C19H16F3N5O2/c20-14-4-3-12(26-16(28)15-5-2-11(9-23)10-25-15)8-13(14)19(17(21)22)6-1-7-29-18(24)27-19/h2-5,8,10,17H,1,6-7H2,(H2,24,27)(H,26,28)/p+1/t19-/m0/s1. The number of nitriles is 1. The number of aromatic amines is 1. The van der Waals surface area contributed by atoms with E-state index >= 15 is 0 Å².